The third-order valence-electron chi connectivity index (χ3n) is 2.99. The maximum Gasteiger partial charge on any atom is 0.305 e. The summed E-state index contributed by atoms with van der Waals surface area (Å²) in [4.78, 5) is 21.7. The predicted molar refractivity (Wildman–Crippen MR) is 74.1 cm³/mol. The van der Waals surface area contributed by atoms with E-state index >= 15 is 0 Å². The molecule has 0 saturated heterocycles. The first-order valence-corrected chi connectivity index (χ1v) is 6.20. The highest BCUT2D eigenvalue weighted by molar-refractivity contribution is 5.89. The van der Waals surface area contributed by atoms with Gasteiger partial charge in [0.1, 0.15) is 12.1 Å². The number of carbonyl (C=O) groups is 1. The lowest BCUT2D eigenvalue weighted by Gasteiger charge is -2.19. The molecule has 0 fully saturated rings. The van der Waals surface area contributed by atoms with Crippen LogP contribution in [0.1, 0.15) is 12.8 Å². The number of hydrogen-bond acceptors (Lipinski definition) is 5. The van der Waals surface area contributed by atoms with E-state index in [1.165, 1.54) is 7.11 Å². The van der Waals surface area contributed by atoms with Crippen LogP contribution in [0.25, 0.3) is 10.9 Å². The van der Waals surface area contributed by atoms with Crippen LogP contribution in [0, 0.1) is 0 Å². The summed E-state index contributed by atoms with van der Waals surface area (Å²) < 4.78 is 4.62. The second kappa shape index (κ2) is 6.13. The summed E-state index contributed by atoms with van der Waals surface area (Å²) in [6.07, 6.45) is 2.72. The molecule has 1 aromatic heterocycles. The van der Waals surface area contributed by atoms with Gasteiger partial charge < -0.3 is 9.64 Å². The standard InChI is InChI=1S/C14H17N3O2/c1-17(9-5-8-13(18)19-2)14-11-6-3-4-7-12(11)15-10-16-14/h3-4,6-7,10H,5,8-9H2,1-2H3. The van der Waals surface area contributed by atoms with E-state index in [1.807, 2.05) is 36.2 Å². The smallest absolute Gasteiger partial charge is 0.305 e. The molecule has 0 spiro atoms. The fourth-order valence-corrected chi connectivity index (χ4v) is 1.96. The molecule has 0 aliphatic carbocycles. The van der Waals surface area contributed by atoms with E-state index in [0.29, 0.717) is 6.42 Å². The van der Waals surface area contributed by atoms with Crippen molar-refractivity contribution in [3.8, 4) is 0 Å². The number of aromatic nitrogens is 2. The molecule has 2 aromatic rings. The second-order valence-corrected chi connectivity index (χ2v) is 4.32. The van der Waals surface area contributed by atoms with Crippen molar-refractivity contribution in [3.05, 3.63) is 30.6 Å². The van der Waals surface area contributed by atoms with Gasteiger partial charge in [0.25, 0.3) is 0 Å². The first-order chi connectivity index (χ1) is 9.22. The van der Waals surface area contributed by atoms with Gasteiger partial charge in [0.05, 0.1) is 12.6 Å². The van der Waals surface area contributed by atoms with Gasteiger partial charge in [0, 0.05) is 25.4 Å². The Morgan fingerprint density at radius 2 is 2.11 bits per heavy atom. The molecule has 0 amide bonds. The monoisotopic (exact) mass is 259 g/mol. The van der Waals surface area contributed by atoms with Gasteiger partial charge in [-0.05, 0) is 18.6 Å². The highest BCUT2D eigenvalue weighted by Crippen LogP contribution is 2.21. The Labute approximate surface area is 112 Å². The molecule has 0 saturated carbocycles. The first-order valence-electron chi connectivity index (χ1n) is 6.20. The number of hydrogen-bond donors (Lipinski definition) is 0. The molecule has 19 heavy (non-hydrogen) atoms. The minimum absolute atomic E-state index is 0.180. The number of para-hydroxylation sites is 1. The quantitative estimate of drug-likeness (QED) is 0.769. The molecule has 1 aromatic carbocycles. The van der Waals surface area contributed by atoms with Crippen LogP contribution >= 0.6 is 0 Å². The number of methoxy groups -OCH3 is 1. The highest BCUT2D eigenvalue weighted by atomic mass is 16.5. The van der Waals surface area contributed by atoms with Crippen LogP contribution in [-0.4, -0.2) is 36.6 Å². The molecular formula is C14H17N3O2. The Hall–Kier alpha value is -2.17. The second-order valence-electron chi connectivity index (χ2n) is 4.32. The zero-order valence-corrected chi connectivity index (χ0v) is 11.2. The Morgan fingerprint density at radius 3 is 2.89 bits per heavy atom. The Bertz CT molecular complexity index is 566. The zero-order valence-electron chi connectivity index (χ0n) is 11.2. The highest BCUT2D eigenvalue weighted by Gasteiger charge is 2.08. The first kappa shape index (κ1) is 13.3. The van der Waals surface area contributed by atoms with Gasteiger partial charge in [-0.3, -0.25) is 4.79 Å². The average molecular weight is 259 g/mol. The van der Waals surface area contributed by atoms with Crippen molar-refractivity contribution in [2.45, 2.75) is 12.8 Å². The van der Waals surface area contributed by atoms with E-state index in [4.69, 9.17) is 0 Å². The van der Waals surface area contributed by atoms with Crippen molar-refractivity contribution in [1.82, 2.24) is 9.97 Å². The molecule has 0 unspecified atom stereocenters. The molecule has 2 rings (SSSR count). The molecule has 0 aliphatic heterocycles. The van der Waals surface area contributed by atoms with E-state index in [-0.39, 0.29) is 5.97 Å². The average Bonchev–Trinajstić information content (AvgIpc) is 2.46. The summed E-state index contributed by atoms with van der Waals surface area (Å²) in [5.74, 6) is 0.705. The maximum atomic E-state index is 11.1. The number of benzene rings is 1. The van der Waals surface area contributed by atoms with Crippen LogP contribution in [0.5, 0.6) is 0 Å². The summed E-state index contributed by atoms with van der Waals surface area (Å²) in [6.45, 7) is 0.746. The largest absolute Gasteiger partial charge is 0.469 e. The number of carbonyl (C=O) groups excluding carboxylic acids is 1. The van der Waals surface area contributed by atoms with E-state index in [9.17, 15) is 4.79 Å². The van der Waals surface area contributed by atoms with E-state index in [2.05, 4.69) is 14.7 Å². The van der Waals surface area contributed by atoms with Gasteiger partial charge >= 0.3 is 5.97 Å². The third kappa shape index (κ3) is 3.19. The third-order valence-corrected chi connectivity index (χ3v) is 2.99. The summed E-state index contributed by atoms with van der Waals surface area (Å²) >= 11 is 0. The van der Waals surface area contributed by atoms with Crippen LogP contribution in [0.15, 0.2) is 30.6 Å². The van der Waals surface area contributed by atoms with Gasteiger partial charge in [-0.15, -0.1) is 0 Å². The van der Waals surface area contributed by atoms with Crippen molar-refractivity contribution in [1.29, 1.82) is 0 Å². The van der Waals surface area contributed by atoms with Crippen LogP contribution in [-0.2, 0) is 9.53 Å². The molecular weight excluding hydrogens is 242 g/mol. The minimum atomic E-state index is -0.180. The molecule has 0 aliphatic rings. The summed E-state index contributed by atoms with van der Waals surface area (Å²) in [5.41, 5.74) is 0.923. The van der Waals surface area contributed by atoms with Gasteiger partial charge in [-0.25, -0.2) is 9.97 Å². The van der Waals surface area contributed by atoms with Crippen molar-refractivity contribution >= 4 is 22.7 Å². The Morgan fingerprint density at radius 1 is 1.32 bits per heavy atom. The SMILES string of the molecule is COC(=O)CCCN(C)c1ncnc2ccccc12. The van der Waals surface area contributed by atoms with E-state index < -0.39 is 0 Å². The molecule has 100 valence electrons. The fraction of sp³-hybridized carbons (Fsp3) is 0.357. The summed E-state index contributed by atoms with van der Waals surface area (Å²) in [6, 6.07) is 7.89. The van der Waals surface area contributed by atoms with Gasteiger partial charge in [-0.1, -0.05) is 12.1 Å². The lowest BCUT2D eigenvalue weighted by Crippen LogP contribution is -2.21. The topological polar surface area (TPSA) is 55.3 Å². The fourth-order valence-electron chi connectivity index (χ4n) is 1.96. The van der Waals surface area contributed by atoms with Crippen molar-refractivity contribution in [2.75, 3.05) is 25.6 Å². The minimum Gasteiger partial charge on any atom is -0.469 e. The maximum absolute atomic E-state index is 11.1. The van der Waals surface area contributed by atoms with Gasteiger partial charge in [0.2, 0.25) is 0 Å². The molecule has 5 heteroatoms. The summed E-state index contributed by atoms with van der Waals surface area (Å²) in [5, 5.41) is 1.02. The zero-order chi connectivity index (χ0) is 13.7. The predicted octanol–water partition coefficient (Wildman–Crippen LogP) is 2.02. The molecule has 0 N–H and O–H groups in total. The van der Waals surface area contributed by atoms with Crippen molar-refractivity contribution in [3.63, 3.8) is 0 Å². The van der Waals surface area contributed by atoms with Crippen LogP contribution in [0.4, 0.5) is 5.82 Å². The normalized spacial score (nSPS) is 10.4. The number of fused-ring (bicyclic) bond motifs is 1. The van der Waals surface area contributed by atoms with E-state index in [0.717, 1.165) is 29.7 Å². The number of ether oxygens (including phenoxy) is 1. The number of anilines is 1. The Kier molecular flexibility index (Phi) is 4.28. The Balaban J connectivity index is 2.09. The van der Waals surface area contributed by atoms with Crippen LogP contribution in [0.3, 0.4) is 0 Å². The number of esters is 1. The number of nitrogens with zero attached hydrogens (tertiary/aromatic N) is 3. The molecule has 1 heterocycles. The van der Waals surface area contributed by atoms with Gasteiger partial charge in [-0.2, -0.15) is 0 Å². The lowest BCUT2D eigenvalue weighted by atomic mass is 10.2. The lowest BCUT2D eigenvalue weighted by molar-refractivity contribution is -0.140. The van der Waals surface area contributed by atoms with Crippen molar-refractivity contribution < 1.29 is 9.53 Å². The van der Waals surface area contributed by atoms with Crippen LogP contribution < -0.4 is 4.90 Å². The number of rotatable bonds is 5. The molecule has 0 bridgehead atoms. The molecule has 0 atom stereocenters. The summed E-state index contributed by atoms with van der Waals surface area (Å²) in [7, 11) is 3.37. The van der Waals surface area contributed by atoms with Gasteiger partial charge in [0.15, 0.2) is 0 Å². The van der Waals surface area contributed by atoms with E-state index in [1.54, 1.807) is 6.33 Å². The molecule has 0 radical (unpaired) electrons. The van der Waals surface area contributed by atoms with Crippen LogP contribution in [0.2, 0.25) is 0 Å². The van der Waals surface area contributed by atoms with Crippen molar-refractivity contribution in [2.24, 2.45) is 0 Å². The molecule has 5 nitrogen and oxygen atoms in total.